The van der Waals surface area contributed by atoms with Crippen LogP contribution in [-0.4, -0.2) is 20.9 Å². The Balaban J connectivity index is 3.31. The van der Waals surface area contributed by atoms with E-state index in [2.05, 4.69) is 26.2 Å². The van der Waals surface area contributed by atoms with E-state index in [4.69, 9.17) is 5.73 Å². The van der Waals surface area contributed by atoms with E-state index in [1.54, 1.807) is 0 Å². The predicted molar refractivity (Wildman–Crippen MR) is 51.2 cm³/mol. The topological polar surface area (TPSA) is 73.8 Å². The van der Waals surface area contributed by atoms with Crippen molar-refractivity contribution in [1.29, 1.82) is 0 Å². The quantitative estimate of drug-likeness (QED) is 0.800. The van der Waals surface area contributed by atoms with Crippen molar-refractivity contribution in [2.24, 2.45) is 5.73 Å². The van der Waals surface area contributed by atoms with Gasteiger partial charge in [-0.25, -0.2) is 4.68 Å². The lowest BCUT2D eigenvalue weighted by Gasteiger charge is -2.19. The highest BCUT2D eigenvalue weighted by Gasteiger charge is 2.24. The maximum atomic E-state index is 11.0. The number of nitrogens with zero attached hydrogens (tertiary/aromatic N) is 3. The van der Waals surface area contributed by atoms with Crippen molar-refractivity contribution in [1.82, 2.24) is 15.0 Å². The van der Waals surface area contributed by atoms with Crippen molar-refractivity contribution >= 4 is 21.8 Å². The van der Waals surface area contributed by atoms with Crippen molar-refractivity contribution in [3.05, 3.63) is 10.3 Å². The molecule has 0 aliphatic carbocycles. The van der Waals surface area contributed by atoms with Crippen molar-refractivity contribution in [3.8, 4) is 0 Å². The summed E-state index contributed by atoms with van der Waals surface area (Å²) in [6.07, 6.45) is 0. The molecule has 1 rings (SSSR count). The third-order valence-electron chi connectivity index (χ3n) is 1.50. The molecule has 13 heavy (non-hydrogen) atoms. The van der Waals surface area contributed by atoms with Gasteiger partial charge in [0.15, 0.2) is 10.3 Å². The van der Waals surface area contributed by atoms with E-state index in [0.29, 0.717) is 10.3 Å². The molecule has 72 valence electrons. The van der Waals surface area contributed by atoms with Gasteiger partial charge in [0.1, 0.15) is 0 Å². The number of primary amides is 1. The van der Waals surface area contributed by atoms with Gasteiger partial charge in [0.2, 0.25) is 0 Å². The van der Waals surface area contributed by atoms with Gasteiger partial charge in [0.05, 0.1) is 5.54 Å². The molecular formula is C7H11BrN4O. The highest BCUT2D eigenvalue weighted by molar-refractivity contribution is 9.10. The molecular weight excluding hydrogens is 236 g/mol. The summed E-state index contributed by atoms with van der Waals surface area (Å²) in [5.74, 6) is -0.535. The minimum atomic E-state index is -0.535. The molecule has 6 heteroatoms. The van der Waals surface area contributed by atoms with Crippen LogP contribution in [0.4, 0.5) is 0 Å². The highest BCUT2D eigenvalue weighted by Crippen LogP contribution is 2.20. The van der Waals surface area contributed by atoms with Gasteiger partial charge in [-0.2, -0.15) is 0 Å². The lowest BCUT2D eigenvalue weighted by molar-refractivity contribution is 0.0981. The summed E-state index contributed by atoms with van der Waals surface area (Å²) in [6, 6.07) is 0. The van der Waals surface area contributed by atoms with Crippen LogP contribution in [0.15, 0.2) is 4.60 Å². The fraction of sp³-hybridized carbons (Fsp3) is 0.571. The molecule has 0 saturated carbocycles. The van der Waals surface area contributed by atoms with Crippen LogP contribution in [0.2, 0.25) is 0 Å². The van der Waals surface area contributed by atoms with Gasteiger partial charge in [-0.15, -0.1) is 5.10 Å². The van der Waals surface area contributed by atoms with Crippen molar-refractivity contribution in [2.75, 3.05) is 0 Å². The third-order valence-corrected chi connectivity index (χ3v) is 2.03. The first-order valence-corrected chi connectivity index (χ1v) is 4.55. The predicted octanol–water partition coefficient (Wildman–Crippen LogP) is 0.894. The molecule has 2 N–H and O–H groups in total. The van der Waals surface area contributed by atoms with Crippen LogP contribution in [0.3, 0.4) is 0 Å². The Morgan fingerprint density at radius 2 is 2.08 bits per heavy atom. The molecule has 5 nitrogen and oxygen atoms in total. The van der Waals surface area contributed by atoms with E-state index in [1.807, 2.05) is 20.8 Å². The Labute approximate surface area is 84.4 Å². The zero-order valence-corrected chi connectivity index (χ0v) is 9.29. The largest absolute Gasteiger partial charge is 0.364 e. The van der Waals surface area contributed by atoms with Gasteiger partial charge in [-0.3, -0.25) is 4.79 Å². The first-order valence-electron chi connectivity index (χ1n) is 3.75. The Morgan fingerprint density at radius 3 is 2.38 bits per heavy atom. The number of nitrogens with two attached hydrogens (primary N) is 1. The first-order chi connectivity index (χ1) is 5.84. The number of hydrogen-bond acceptors (Lipinski definition) is 3. The zero-order chi connectivity index (χ0) is 10.2. The van der Waals surface area contributed by atoms with E-state index < -0.39 is 5.91 Å². The molecule has 1 amide bonds. The van der Waals surface area contributed by atoms with Crippen molar-refractivity contribution in [3.63, 3.8) is 0 Å². The summed E-state index contributed by atoms with van der Waals surface area (Å²) in [5.41, 5.74) is 5.18. The molecule has 0 fully saturated rings. The molecule has 0 radical (unpaired) electrons. The summed E-state index contributed by atoms with van der Waals surface area (Å²) in [4.78, 5) is 11.0. The van der Waals surface area contributed by atoms with Gasteiger partial charge < -0.3 is 5.73 Å². The molecule has 1 aromatic heterocycles. The maximum absolute atomic E-state index is 11.0. The first kappa shape index (κ1) is 10.2. The van der Waals surface area contributed by atoms with Crippen LogP contribution in [0.1, 0.15) is 31.3 Å². The van der Waals surface area contributed by atoms with Gasteiger partial charge in [-0.05, 0) is 36.7 Å². The van der Waals surface area contributed by atoms with E-state index >= 15 is 0 Å². The molecule has 0 aliphatic rings. The summed E-state index contributed by atoms with van der Waals surface area (Å²) in [5, 5.41) is 7.56. The van der Waals surface area contributed by atoms with Crippen LogP contribution in [0.5, 0.6) is 0 Å². The fourth-order valence-electron chi connectivity index (χ4n) is 0.939. The van der Waals surface area contributed by atoms with E-state index in [-0.39, 0.29) is 5.54 Å². The van der Waals surface area contributed by atoms with Crippen molar-refractivity contribution < 1.29 is 4.79 Å². The van der Waals surface area contributed by atoms with Gasteiger partial charge in [-0.1, -0.05) is 5.21 Å². The van der Waals surface area contributed by atoms with E-state index in [1.165, 1.54) is 4.68 Å². The Bertz CT molecular complexity index is 339. The summed E-state index contributed by atoms with van der Waals surface area (Å²) in [7, 11) is 0. The summed E-state index contributed by atoms with van der Waals surface area (Å²) >= 11 is 3.11. The van der Waals surface area contributed by atoms with Crippen LogP contribution in [-0.2, 0) is 5.54 Å². The Hall–Kier alpha value is -0.910. The molecule has 1 heterocycles. The lowest BCUT2D eigenvalue weighted by Crippen LogP contribution is -2.29. The summed E-state index contributed by atoms with van der Waals surface area (Å²) in [6.45, 7) is 5.75. The van der Waals surface area contributed by atoms with Gasteiger partial charge in [0, 0.05) is 0 Å². The second kappa shape index (κ2) is 3.10. The Kier molecular flexibility index (Phi) is 2.42. The average molecular weight is 247 g/mol. The summed E-state index contributed by atoms with van der Waals surface area (Å²) < 4.78 is 1.88. The number of aromatic nitrogens is 3. The van der Waals surface area contributed by atoms with Crippen molar-refractivity contribution in [2.45, 2.75) is 26.3 Å². The fourth-order valence-corrected chi connectivity index (χ4v) is 1.37. The normalized spacial score (nSPS) is 11.7. The monoisotopic (exact) mass is 246 g/mol. The smallest absolute Gasteiger partial charge is 0.269 e. The lowest BCUT2D eigenvalue weighted by atomic mass is 10.1. The van der Waals surface area contributed by atoms with E-state index in [9.17, 15) is 4.79 Å². The molecule has 0 aromatic carbocycles. The number of halogens is 1. The number of carbonyl (C=O) groups excluding carboxylic acids is 1. The van der Waals surface area contributed by atoms with Crippen LogP contribution < -0.4 is 5.73 Å². The molecule has 0 bridgehead atoms. The number of carbonyl (C=O) groups is 1. The third kappa shape index (κ3) is 1.88. The van der Waals surface area contributed by atoms with Crippen LogP contribution in [0.25, 0.3) is 0 Å². The Morgan fingerprint density at radius 1 is 1.54 bits per heavy atom. The minimum absolute atomic E-state index is 0.299. The number of rotatable bonds is 1. The second-order valence-corrected chi connectivity index (χ2v) is 4.43. The zero-order valence-electron chi connectivity index (χ0n) is 7.71. The molecule has 0 saturated heterocycles. The second-order valence-electron chi connectivity index (χ2n) is 3.68. The number of amides is 1. The number of hydrogen-bond donors (Lipinski definition) is 1. The van der Waals surface area contributed by atoms with Gasteiger partial charge >= 0.3 is 0 Å². The van der Waals surface area contributed by atoms with E-state index in [0.717, 1.165) is 0 Å². The highest BCUT2D eigenvalue weighted by atomic mass is 79.9. The maximum Gasteiger partial charge on any atom is 0.269 e. The van der Waals surface area contributed by atoms with Crippen LogP contribution >= 0.6 is 15.9 Å². The molecule has 0 spiro atoms. The molecule has 0 aliphatic heterocycles. The van der Waals surface area contributed by atoms with Crippen LogP contribution in [0, 0.1) is 0 Å². The SMILES string of the molecule is CC(C)(C)n1nnc(Br)c1C(N)=O. The standard InChI is InChI=1S/C7H11BrN4O/c1-7(2,3)12-4(6(9)13)5(8)10-11-12/h1-3H3,(H2,9,13). The van der Waals surface area contributed by atoms with Gasteiger partial charge in [0.25, 0.3) is 5.91 Å². The minimum Gasteiger partial charge on any atom is -0.364 e. The average Bonchev–Trinajstić information content (AvgIpc) is 2.28. The molecule has 0 unspecified atom stereocenters. The molecule has 1 aromatic rings. The molecule has 0 atom stereocenters.